The third-order valence-electron chi connectivity index (χ3n) is 3.78. The van der Waals surface area contributed by atoms with Gasteiger partial charge in [0.1, 0.15) is 0 Å². The number of rotatable bonds is 4. The van der Waals surface area contributed by atoms with Crippen LogP contribution in [0.25, 0.3) is 0 Å². The van der Waals surface area contributed by atoms with Crippen LogP contribution < -0.4 is 0 Å². The SMILES string of the molecule is S=C=NC1(N=C=S)CCC(Cc2ccccc2)CC1. The van der Waals surface area contributed by atoms with E-state index in [0.29, 0.717) is 5.92 Å². The standard InChI is InChI=1S/C15H16N2S2/c18-11-16-15(17-12-19)8-6-14(7-9-15)10-13-4-2-1-3-5-13/h1-5,14H,6-10H2. The fraction of sp³-hybridized carbons (Fsp3) is 0.467. The van der Waals surface area contributed by atoms with Crippen molar-refractivity contribution in [1.29, 1.82) is 0 Å². The molecule has 1 aromatic carbocycles. The van der Waals surface area contributed by atoms with Gasteiger partial charge in [0.25, 0.3) is 0 Å². The van der Waals surface area contributed by atoms with Gasteiger partial charge in [-0.05, 0) is 68.0 Å². The molecule has 0 saturated heterocycles. The maximum absolute atomic E-state index is 4.71. The Morgan fingerprint density at radius 2 is 1.63 bits per heavy atom. The van der Waals surface area contributed by atoms with Gasteiger partial charge in [0.15, 0.2) is 5.66 Å². The molecule has 0 heterocycles. The first-order valence-corrected chi connectivity index (χ1v) is 7.32. The Morgan fingerprint density at radius 1 is 1.05 bits per heavy atom. The highest BCUT2D eigenvalue weighted by atomic mass is 32.1. The third-order valence-corrected chi connectivity index (χ3v) is 3.96. The second-order valence-electron chi connectivity index (χ2n) is 5.02. The van der Waals surface area contributed by atoms with Gasteiger partial charge < -0.3 is 0 Å². The van der Waals surface area contributed by atoms with Gasteiger partial charge >= 0.3 is 0 Å². The van der Waals surface area contributed by atoms with Gasteiger partial charge in [0.2, 0.25) is 0 Å². The smallest absolute Gasteiger partial charge is 0.170 e. The van der Waals surface area contributed by atoms with Crippen molar-refractivity contribution in [3.63, 3.8) is 0 Å². The molecule has 1 aromatic rings. The van der Waals surface area contributed by atoms with Crippen LogP contribution in [-0.2, 0) is 6.42 Å². The van der Waals surface area contributed by atoms with E-state index in [1.54, 1.807) is 0 Å². The molecule has 0 N–H and O–H groups in total. The van der Waals surface area contributed by atoms with E-state index in [-0.39, 0.29) is 0 Å². The molecule has 1 aliphatic carbocycles. The molecule has 2 rings (SSSR count). The molecule has 0 radical (unpaired) electrons. The van der Waals surface area contributed by atoms with Crippen LogP contribution >= 0.6 is 24.4 Å². The summed E-state index contributed by atoms with van der Waals surface area (Å²) in [5.74, 6) is 0.691. The molecule has 19 heavy (non-hydrogen) atoms. The van der Waals surface area contributed by atoms with Gasteiger partial charge in [-0.3, -0.25) is 0 Å². The van der Waals surface area contributed by atoms with Gasteiger partial charge in [0.05, 0.1) is 10.3 Å². The molecule has 0 aromatic heterocycles. The van der Waals surface area contributed by atoms with Crippen molar-refractivity contribution in [3.8, 4) is 0 Å². The van der Waals surface area contributed by atoms with Crippen LogP contribution in [0.4, 0.5) is 0 Å². The summed E-state index contributed by atoms with van der Waals surface area (Å²) in [5.41, 5.74) is 0.924. The van der Waals surface area contributed by atoms with Crippen LogP contribution in [0.2, 0.25) is 0 Å². The largest absolute Gasteiger partial charge is 0.201 e. The van der Waals surface area contributed by atoms with Gasteiger partial charge in [-0.15, -0.1) is 0 Å². The van der Waals surface area contributed by atoms with Crippen LogP contribution in [0.3, 0.4) is 0 Å². The molecule has 1 saturated carbocycles. The maximum atomic E-state index is 4.71. The summed E-state index contributed by atoms with van der Waals surface area (Å²) in [7, 11) is 0. The van der Waals surface area contributed by atoms with Crippen LogP contribution in [0.5, 0.6) is 0 Å². The first-order chi connectivity index (χ1) is 9.28. The lowest BCUT2D eigenvalue weighted by Crippen LogP contribution is -2.30. The van der Waals surface area contributed by atoms with Crippen LogP contribution in [0.1, 0.15) is 31.2 Å². The van der Waals surface area contributed by atoms with Gasteiger partial charge in [0, 0.05) is 0 Å². The maximum Gasteiger partial charge on any atom is 0.170 e. The molecule has 0 bridgehead atoms. The summed E-state index contributed by atoms with van der Waals surface area (Å²) in [4.78, 5) is 8.43. The number of nitrogens with zero attached hydrogens (tertiary/aromatic N) is 2. The fourth-order valence-corrected chi connectivity index (χ4v) is 3.05. The van der Waals surface area contributed by atoms with Crippen LogP contribution in [-0.4, -0.2) is 16.0 Å². The number of isothiocyanates is 2. The molecule has 0 spiro atoms. The Morgan fingerprint density at radius 3 is 2.16 bits per heavy atom. The number of benzene rings is 1. The summed E-state index contributed by atoms with van der Waals surface area (Å²) < 4.78 is 0. The summed E-state index contributed by atoms with van der Waals surface area (Å²) in [6.07, 6.45) is 5.08. The van der Waals surface area contributed by atoms with E-state index in [2.05, 4.69) is 50.6 Å². The van der Waals surface area contributed by atoms with Crippen molar-refractivity contribution in [1.82, 2.24) is 0 Å². The highest BCUT2D eigenvalue weighted by Crippen LogP contribution is 2.37. The molecule has 0 aliphatic heterocycles. The van der Waals surface area contributed by atoms with Crippen molar-refractivity contribution in [2.24, 2.45) is 15.9 Å². The zero-order valence-corrected chi connectivity index (χ0v) is 12.3. The average Bonchev–Trinajstić information content (AvgIpc) is 2.43. The summed E-state index contributed by atoms with van der Waals surface area (Å²) in [6, 6.07) is 10.6. The van der Waals surface area contributed by atoms with E-state index >= 15 is 0 Å². The monoisotopic (exact) mass is 288 g/mol. The van der Waals surface area contributed by atoms with E-state index in [9.17, 15) is 0 Å². The highest BCUT2D eigenvalue weighted by Gasteiger charge is 2.34. The Balaban J connectivity index is 1.98. The van der Waals surface area contributed by atoms with E-state index < -0.39 is 5.66 Å². The summed E-state index contributed by atoms with van der Waals surface area (Å²) in [5, 5.41) is 4.91. The number of aliphatic imine (C=N–C) groups is 2. The zero-order valence-electron chi connectivity index (χ0n) is 10.7. The van der Waals surface area contributed by atoms with Gasteiger partial charge in [-0.1, -0.05) is 30.3 Å². The second kappa shape index (κ2) is 6.83. The minimum atomic E-state index is -0.476. The molecule has 1 aliphatic rings. The van der Waals surface area contributed by atoms with Gasteiger partial charge in [-0.2, -0.15) is 0 Å². The second-order valence-corrected chi connectivity index (χ2v) is 5.39. The van der Waals surface area contributed by atoms with Crippen molar-refractivity contribution in [2.45, 2.75) is 37.8 Å². The summed E-state index contributed by atoms with van der Waals surface area (Å²) in [6.45, 7) is 0. The third kappa shape index (κ3) is 3.89. The Hall–Kier alpha value is -1.18. The predicted octanol–water partition coefficient (Wildman–Crippen LogP) is 4.32. The molecule has 2 nitrogen and oxygen atoms in total. The Kier molecular flexibility index (Phi) is 5.12. The topological polar surface area (TPSA) is 24.7 Å². The fourth-order valence-electron chi connectivity index (χ4n) is 2.71. The molecule has 1 fully saturated rings. The average molecular weight is 288 g/mol. The van der Waals surface area contributed by atoms with Crippen LogP contribution in [0, 0.1) is 5.92 Å². The molecule has 4 heteroatoms. The van der Waals surface area contributed by atoms with Crippen molar-refractivity contribution >= 4 is 34.8 Å². The molecular weight excluding hydrogens is 272 g/mol. The lowest BCUT2D eigenvalue weighted by molar-refractivity contribution is 0.245. The highest BCUT2D eigenvalue weighted by molar-refractivity contribution is 7.78. The van der Waals surface area contributed by atoms with E-state index in [4.69, 9.17) is 24.4 Å². The van der Waals surface area contributed by atoms with Crippen molar-refractivity contribution < 1.29 is 0 Å². The minimum absolute atomic E-state index is 0.476. The Bertz CT molecular complexity index is 486. The molecular formula is C15H16N2S2. The van der Waals surface area contributed by atoms with Crippen molar-refractivity contribution in [2.75, 3.05) is 0 Å². The summed E-state index contributed by atoms with van der Waals surface area (Å²) >= 11 is 9.43. The quantitative estimate of drug-likeness (QED) is 0.609. The number of hydrogen-bond acceptors (Lipinski definition) is 4. The first-order valence-electron chi connectivity index (χ1n) is 6.50. The molecule has 0 amide bonds. The normalized spacial score (nSPS) is 26.0. The minimum Gasteiger partial charge on any atom is -0.201 e. The lowest BCUT2D eigenvalue weighted by Gasteiger charge is -2.32. The first kappa shape index (κ1) is 14.2. The number of thiocarbonyl (C=S) groups is 2. The lowest BCUT2D eigenvalue weighted by atomic mass is 9.79. The van der Waals surface area contributed by atoms with Crippen LogP contribution in [0.15, 0.2) is 40.3 Å². The van der Waals surface area contributed by atoms with E-state index in [1.165, 1.54) is 5.56 Å². The van der Waals surface area contributed by atoms with E-state index in [0.717, 1.165) is 32.1 Å². The number of hydrogen-bond donors (Lipinski definition) is 0. The van der Waals surface area contributed by atoms with E-state index in [1.807, 2.05) is 0 Å². The Labute approximate surface area is 124 Å². The molecule has 98 valence electrons. The zero-order chi connectivity index (χ0) is 13.6. The predicted molar refractivity (Wildman–Crippen MR) is 84.9 cm³/mol. The van der Waals surface area contributed by atoms with Crippen molar-refractivity contribution in [3.05, 3.63) is 35.9 Å². The van der Waals surface area contributed by atoms with Gasteiger partial charge in [-0.25, -0.2) is 9.98 Å². The molecule has 0 unspecified atom stereocenters. The molecule has 0 atom stereocenters.